The summed E-state index contributed by atoms with van der Waals surface area (Å²) in [5, 5.41) is 3.27. The van der Waals surface area contributed by atoms with Gasteiger partial charge >= 0.3 is 0 Å². The Morgan fingerprint density at radius 3 is 2.87 bits per heavy atom. The van der Waals surface area contributed by atoms with E-state index in [4.69, 9.17) is 5.73 Å². The summed E-state index contributed by atoms with van der Waals surface area (Å²) in [5.41, 5.74) is 7.01. The highest BCUT2D eigenvalue weighted by molar-refractivity contribution is 8.00. The fourth-order valence-electron chi connectivity index (χ4n) is 1.06. The van der Waals surface area contributed by atoms with Crippen molar-refractivity contribution in [2.75, 3.05) is 16.8 Å². The van der Waals surface area contributed by atoms with E-state index in [1.165, 1.54) is 0 Å². The largest absolute Gasteiger partial charge is 0.399 e. The smallest absolute Gasteiger partial charge is 0.234 e. The van der Waals surface area contributed by atoms with Crippen LogP contribution in [0.2, 0.25) is 0 Å². The van der Waals surface area contributed by atoms with Crippen molar-refractivity contribution in [1.82, 2.24) is 0 Å². The second-order valence-corrected chi connectivity index (χ2v) is 5.10. The quantitative estimate of drug-likeness (QED) is 0.772. The lowest BCUT2D eigenvalue weighted by Gasteiger charge is -2.07. The lowest BCUT2D eigenvalue weighted by Crippen LogP contribution is -2.15. The molecule has 1 aromatic carbocycles. The van der Waals surface area contributed by atoms with Crippen molar-refractivity contribution >= 4 is 29.0 Å². The minimum absolute atomic E-state index is 0.0132. The number of amides is 1. The number of carbonyl (C=O) groups is 1. The number of nitrogens with two attached hydrogens (primary N) is 1. The molecule has 3 N–H and O–H groups in total. The van der Waals surface area contributed by atoms with Gasteiger partial charge in [-0.2, -0.15) is 0 Å². The molecule has 0 atom stereocenters. The van der Waals surface area contributed by atoms with Crippen LogP contribution < -0.4 is 11.1 Å². The van der Waals surface area contributed by atoms with Gasteiger partial charge in [-0.15, -0.1) is 11.8 Å². The Balaban J connectivity index is 2.44. The molecule has 0 radical (unpaired) electrons. The maximum Gasteiger partial charge on any atom is 0.234 e. The van der Waals surface area contributed by atoms with Crippen molar-refractivity contribution in [3.63, 3.8) is 0 Å². The first kappa shape index (κ1) is 11.9. The molecule has 1 aromatic rings. The molecule has 0 saturated heterocycles. The van der Waals surface area contributed by atoms with Crippen LogP contribution in [0.4, 0.5) is 11.4 Å². The summed E-state index contributed by atoms with van der Waals surface area (Å²) < 4.78 is 0. The van der Waals surface area contributed by atoms with Crippen LogP contribution in [0.5, 0.6) is 0 Å². The molecule has 82 valence electrons. The summed E-state index contributed by atoms with van der Waals surface area (Å²) in [5.74, 6) is 0.492. The van der Waals surface area contributed by atoms with Crippen LogP contribution in [0.25, 0.3) is 0 Å². The van der Waals surface area contributed by atoms with Gasteiger partial charge in [-0.1, -0.05) is 19.9 Å². The van der Waals surface area contributed by atoms with Gasteiger partial charge < -0.3 is 11.1 Å². The molecule has 0 heterocycles. The molecular formula is C11H16N2OS. The zero-order chi connectivity index (χ0) is 11.3. The summed E-state index contributed by atoms with van der Waals surface area (Å²) in [6.07, 6.45) is 0. The van der Waals surface area contributed by atoms with Crippen molar-refractivity contribution in [3.8, 4) is 0 Å². The molecule has 0 saturated carbocycles. The number of carbonyl (C=O) groups excluding carboxylic acids is 1. The van der Waals surface area contributed by atoms with Gasteiger partial charge in [0.2, 0.25) is 5.91 Å². The van der Waals surface area contributed by atoms with Gasteiger partial charge in [-0.25, -0.2) is 0 Å². The third-order valence-electron chi connectivity index (χ3n) is 1.72. The number of nitrogen functional groups attached to an aromatic ring is 1. The number of nitrogens with one attached hydrogen (secondary N) is 1. The van der Waals surface area contributed by atoms with Crippen LogP contribution >= 0.6 is 11.8 Å². The fraction of sp³-hybridized carbons (Fsp3) is 0.364. The molecule has 1 amide bonds. The molecule has 0 aliphatic heterocycles. The van der Waals surface area contributed by atoms with Gasteiger partial charge in [0.1, 0.15) is 0 Å². The minimum Gasteiger partial charge on any atom is -0.399 e. The van der Waals surface area contributed by atoms with Gasteiger partial charge in [0, 0.05) is 11.4 Å². The maximum absolute atomic E-state index is 11.5. The van der Waals surface area contributed by atoms with Crippen molar-refractivity contribution in [3.05, 3.63) is 24.3 Å². The van der Waals surface area contributed by atoms with Crippen LogP contribution in [0.3, 0.4) is 0 Å². The Bertz CT molecular complexity index is 339. The zero-order valence-electron chi connectivity index (χ0n) is 8.99. The van der Waals surface area contributed by atoms with Crippen LogP contribution in [0.1, 0.15) is 13.8 Å². The normalized spacial score (nSPS) is 10.3. The van der Waals surface area contributed by atoms with Crippen molar-refractivity contribution in [2.24, 2.45) is 0 Å². The average molecular weight is 224 g/mol. The molecular weight excluding hydrogens is 208 g/mol. The third-order valence-corrected chi connectivity index (χ3v) is 2.81. The number of benzene rings is 1. The molecule has 0 aromatic heterocycles. The third kappa shape index (κ3) is 4.74. The van der Waals surface area contributed by atoms with Gasteiger partial charge in [0.25, 0.3) is 0 Å². The lowest BCUT2D eigenvalue weighted by molar-refractivity contribution is -0.113. The number of thioether (sulfide) groups is 1. The first-order valence-corrected chi connectivity index (χ1v) is 5.90. The molecule has 0 fully saturated rings. The molecule has 0 unspecified atom stereocenters. The van der Waals surface area contributed by atoms with Crippen molar-refractivity contribution in [1.29, 1.82) is 0 Å². The minimum atomic E-state index is 0.0132. The Morgan fingerprint density at radius 1 is 1.53 bits per heavy atom. The van der Waals surface area contributed by atoms with Gasteiger partial charge in [-0.05, 0) is 23.4 Å². The summed E-state index contributed by atoms with van der Waals surface area (Å²) in [6.45, 7) is 4.14. The number of anilines is 2. The standard InChI is InChI=1S/C11H16N2OS/c1-8(2)15-7-11(14)13-10-5-3-4-9(12)6-10/h3-6,8H,7,12H2,1-2H3,(H,13,14). The Morgan fingerprint density at radius 2 is 2.27 bits per heavy atom. The summed E-state index contributed by atoms with van der Waals surface area (Å²) in [6, 6.07) is 7.19. The molecule has 15 heavy (non-hydrogen) atoms. The van der Waals surface area contributed by atoms with E-state index in [9.17, 15) is 4.79 Å². The van der Waals surface area contributed by atoms with E-state index < -0.39 is 0 Å². The summed E-state index contributed by atoms with van der Waals surface area (Å²) >= 11 is 1.62. The highest BCUT2D eigenvalue weighted by Crippen LogP contribution is 2.13. The van der Waals surface area contributed by atoms with Gasteiger partial charge in [0.05, 0.1) is 5.75 Å². The second kappa shape index (κ2) is 5.66. The van der Waals surface area contributed by atoms with Gasteiger partial charge in [-0.3, -0.25) is 4.79 Å². The molecule has 0 spiro atoms. The van der Waals surface area contributed by atoms with E-state index in [0.717, 1.165) is 5.69 Å². The van der Waals surface area contributed by atoms with Crippen molar-refractivity contribution < 1.29 is 4.79 Å². The van der Waals surface area contributed by atoms with E-state index in [0.29, 0.717) is 16.7 Å². The predicted octanol–water partition coefficient (Wildman–Crippen LogP) is 2.35. The SMILES string of the molecule is CC(C)SCC(=O)Nc1cccc(N)c1. The van der Waals surface area contributed by atoms with E-state index in [-0.39, 0.29) is 5.91 Å². The first-order chi connectivity index (χ1) is 7.08. The number of hydrogen-bond acceptors (Lipinski definition) is 3. The van der Waals surface area contributed by atoms with Crippen LogP contribution in [-0.4, -0.2) is 16.9 Å². The molecule has 1 rings (SSSR count). The fourth-order valence-corrected chi connectivity index (χ4v) is 1.61. The Kier molecular flexibility index (Phi) is 4.49. The second-order valence-electron chi connectivity index (χ2n) is 3.53. The van der Waals surface area contributed by atoms with Crippen LogP contribution in [0.15, 0.2) is 24.3 Å². The highest BCUT2D eigenvalue weighted by Gasteiger charge is 2.04. The topological polar surface area (TPSA) is 55.1 Å². The van der Waals surface area contributed by atoms with E-state index in [2.05, 4.69) is 19.2 Å². The van der Waals surface area contributed by atoms with Crippen LogP contribution in [0, 0.1) is 0 Å². The van der Waals surface area contributed by atoms with Crippen molar-refractivity contribution in [2.45, 2.75) is 19.1 Å². The molecule has 0 aliphatic carbocycles. The summed E-state index contributed by atoms with van der Waals surface area (Å²) in [4.78, 5) is 11.5. The molecule has 0 bridgehead atoms. The number of rotatable bonds is 4. The first-order valence-electron chi connectivity index (χ1n) is 4.85. The average Bonchev–Trinajstić information content (AvgIpc) is 2.15. The number of hydrogen-bond donors (Lipinski definition) is 2. The van der Waals surface area contributed by atoms with Gasteiger partial charge in [0.15, 0.2) is 0 Å². The van der Waals surface area contributed by atoms with E-state index >= 15 is 0 Å². The maximum atomic E-state index is 11.5. The monoisotopic (exact) mass is 224 g/mol. The lowest BCUT2D eigenvalue weighted by atomic mass is 10.3. The van der Waals surface area contributed by atoms with E-state index in [1.54, 1.807) is 23.9 Å². The molecule has 3 nitrogen and oxygen atoms in total. The Labute approximate surface area is 94.4 Å². The van der Waals surface area contributed by atoms with E-state index in [1.807, 2.05) is 12.1 Å². The molecule has 4 heteroatoms. The highest BCUT2D eigenvalue weighted by atomic mass is 32.2. The summed E-state index contributed by atoms with van der Waals surface area (Å²) in [7, 11) is 0. The predicted molar refractivity (Wildman–Crippen MR) is 67.1 cm³/mol. The molecule has 0 aliphatic rings. The zero-order valence-corrected chi connectivity index (χ0v) is 9.80. The van der Waals surface area contributed by atoms with Crippen LogP contribution in [-0.2, 0) is 4.79 Å². The Hall–Kier alpha value is -1.16.